The Labute approximate surface area is 141 Å². The van der Waals surface area contributed by atoms with Crippen LogP contribution in [0, 0.1) is 11.8 Å². The maximum Gasteiger partial charge on any atom is 0.299 e. The second-order valence-corrected chi connectivity index (χ2v) is 5.60. The van der Waals surface area contributed by atoms with Gasteiger partial charge in [-0.15, -0.1) is 0 Å². The second-order valence-electron chi connectivity index (χ2n) is 5.60. The van der Waals surface area contributed by atoms with E-state index in [4.69, 9.17) is 0 Å². The van der Waals surface area contributed by atoms with Gasteiger partial charge in [0.2, 0.25) is 5.91 Å². The average Bonchev–Trinajstić information content (AvgIpc) is 2.83. The first-order chi connectivity index (χ1) is 11.7. The van der Waals surface area contributed by atoms with Crippen molar-refractivity contribution in [1.82, 2.24) is 10.2 Å². The van der Waals surface area contributed by atoms with Gasteiger partial charge in [-0.2, -0.15) is 0 Å². The molecule has 0 aromatic heterocycles. The lowest BCUT2D eigenvalue weighted by Gasteiger charge is -2.27. The summed E-state index contributed by atoms with van der Waals surface area (Å²) in [5.41, 5.74) is 1.75. The lowest BCUT2D eigenvalue weighted by Crippen LogP contribution is -2.35. The Morgan fingerprint density at radius 2 is 1.71 bits per heavy atom. The molecule has 2 aromatic carbocycles. The van der Waals surface area contributed by atoms with Crippen LogP contribution in [0.3, 0.4) is 0 Å². The Morgan fingerprint density at radius 3 is 2.42 bits per heavy atom. The van der Waals surface area contributed by atoms with Crippen LogP contribution in [0.2, 0.25) is 0 Å². The summed E-state index contributed by atoms with van der Waals surface area (Å²) in [6.45, 7) is 0.897. The fourth-order valence-electron chi connectivity index (χ4n) is 2.76. The van der Waals surface area contributed by atoms with Crippen LogP contribution >= 0.6 is 0 Å². The molecule has 3 rings (SSSR count). The lowest BCUT2D eigenvalue weighted by atomic mass is 10.0. The smallest absolute Gasteiger partial charge is 0.299 e. The van der Waals surface area contributed by atoms with E-state index in [0.717, 1.165) is 11.1 Å². The molecular formula is C20H18N2O2. The molecule has 1 aliphatic heterocycles. The number of nitrogens with one attached hydrogen (secondary N) is 1. The van der Waals surface area contributed by atoms with Gasteiger partial charge < -0.3 is 10.2 Å². The molecule has 0 aliphatic carbocycles. The highest BCUT2D eigenvalue weighted by Crippen LogP contribution is 2.25. The lowest BCUT2D eigenvalue weighted by molar-refractivity contribution is -0.127. The van der Waals surface area contributed by atoms with E-state index in [-0.39, 0.29) is 24.3 Å². The molecule has 24 heavy (non-hydrogen) atoms. The van der Waals surface area contributed by atoms with Crippen molar-refractivity contribution in [3.63, 3.8) is 0 Å². The molecule has 0 radical (unpaired) electrons. The van der Waals surface area contributed by atoms with E-state index in [1.54, 1.807) is 4.90 Å². The summed E-state index contributed by atoms with van der Waals surface area (Å²) < 4.78 is 0. The zero-order valence-electron chi connectivity index (χ0n) is 13.2. The quantitative estimate of drug-likeness (QED) is 0.819. The van der Waals surface area contributed by atoms with Gasteiger partial charge in [-0.25, -0.2) is 0 Å². The summed E-state index contributed by atoms with van der Waals surface area (Å²) in [4.78, 5) is 26.2. The predicted molar refractivity (Wildman–Crippen MR) is 91.8 cm³/mol. The van der Waals surface area contributed by atoms with Crippen LogP contribution in [0.1, 0.15) is 23.6 Å². The van der Waals surface area contributed by atoms with E-state index in [1.807, 2.05) is 60.7 Å². The molecule has 1 atom stereocenters. The Hall–Kier alpha value is -3.06. The number of carbonyl (C=O) groups is 2. The fourth-order valence-corrected chi connectivity index (χ4v) is 2.76. The molecule has 120 valence electrons. The largest absolute Gasteiger partial charge is 0.354 e. The van der Waals surface area contributed by atoms with E-state index in [0.29, 0.717) is 13.1 Å². The van der Waals surface area contributed by atoms with Gasteiger partial charge in [0.15, 0.2) is 0 Å². The summed E-state index contributed by atoms with van der Waals surface area (Å²) in [7, 11) is 0. The van der Waals surface area contributed by atoms with Crippen LogP contribution in [-0.4, -0.2) is 29.8 Å². The molecule has 0 unspecified atom stereocenters. The van der Waals surface area contributed by atoms with Crippen molar-refractivity contribution in [2.24, 2.45) is 0 Å². The van der Waals surface area contributed by atoms with E-state index in [1.165, 1.54) is 0 Å². The maximum atomic E-state index is 12.6. The zero-order valence-corrected chi connectivity index (χ0v) is 13.2. The van der Waals surface area contributed by atoms with Crippen molar-refractivity contribution >= 4 is 11.8 Å². The van der Waals surface area contributed by atoms with Crippen LogP contribution in [0.15, 0.2) is 60.7 Å². The minimum Gasteiger partial charge on any atom is -0.354 e. The predicted octanol–water partition coefficient (Wildman–Crippen LogP) is 2.13. The highest BCUT2D eigenvalue weighted by molar-refractivity contribution is 5.95. The van der Waals surface area contributed by atoms with Crippen molar-refractivity contribution < 1.29 is 9.59 Å². The summed E-state index contributed by atoms with van der Waals surface area (Å²) in [6.07, 6.45) is 0.253. The molecule has 1 aliphatic rings. The molecule has 2 amide bonds. The van der Waals surface area contributed by atoms with Crippen molar-refractivity contribution in [2.45, 2.75) is 12.5 Å². The SMILES string of the molecule is O=C1C[C@H](c2ccccc2)N(C(=O)C#Cc2ccccc2)CCN1. The summed E-state index contributed by atoms with van der Waals surface area (Å²) in [6, 6.07) is 18.7. The van der Waals surface area contributed by atoms with Gasteiger partial charge in [0, 0.05) is 24.6 Å². The number of nitrogens with zero attached hydrogens (tertiary/aromatic N) is 1. The monoisotopic (exact) mass is 318 g/mol. The Bertz CT molecular complexity index is 776. The highest BCUT2D eigenvalue weighted by Gasteiger charge is 2.28. The van der Waals surface area contributed by atoms with Gasteiger partial charge in [0.1, 0.15) is 0 Å². The van der Waals surface area contributed by atoms with E-state index in [9.17, 15) is 9.59 Å². The standard InChI is InChI=1S/C20H18N2O2/c23-19-15-18(17-9-5-2-6-10-17)22(14-13-21-19)20(24)12-11-16-7-3-1-4-8-16/h1-10,18H,13-15H2,(H,21,23)/t18-/m1/s1. The first-order valence-electron chi connectivity index (χ1n) is 7.93. The first-order valence-corrected chi connectivity index (χ1v) is 7.93. The molecule has 0 spiro atoms. The van der Waals surface area contributed by atoms with Crippen molar-refractivity contribution in [2.75, 3.05) is 13.1 Å². The van der Waals surface area contributed by atoms with Gasteiger partial charge >= 0.3 is 0 Å². The van der Waals surface area contributed by atoms with Crippen molar-refractivity contribution in [3.05, 3.63) is 71.8 Å². The van der Waals surface area contributed by atoms with Gasteiger partial charge in [0.25, 0.3) is 5.91 Å². The molecule has 4 nitrogen and oxygen atoms in total. The molecule has 1 saturated heterocycles. The molecule has 0 bridgehead atoms. The molecule has 4 heteroatoms. The van der Waals surface area contributed by atoms with Crippen LogP contribution in [0.4, 0.5) is 0 Å². The molecule has 1 fully saturated rings. The van der Waals surface area contributed by atoms with Gasteiger partial charge in [-0.05, 0) is 17.7 Å². The number of amides is 2. The number of hydrogen-bond donors (Lipinski definition) is 1. The first kappa shape index (κ1) is 15.8. The van der Waals surface area contributed by atoms with Crippen LogP contribution in [-0.2, 0) is 9.59 Å². The molecular weight excluding hydrogens is 300 g/mol. The van der Waals surface area contributed by atoms with Crippen LogP contribution in [0.25, 0.3) is 0 Å². The van der Waals surface area contributed by atoms with Gasteiger partial charge in [-0.1, -0.05) is 54.5 Å². The van der Waals surface area contributed by atoms with Crippen molar-refractivity contribution in [3.8, 4) is 11.8 Å². The third kappa shape index (κ3) is 3.82. The minimum absolute atomic E-state index is 0.0461. The third-order valence-corrected chi connectivity index (χ3v) is 3.96. The molecule has 1 N–H and O–H groups in total. The number of rotatable bonds is 1. The number of carbonyl (C=O) groups excluding carboxylic acids is 2. The normalized spacial score (nSPS) is 17.2. The van der Waals surface area contributed by atoms with Gasteiger partial charge in [0.05, 0.1) is 12.5 Å². The van der Waals surface area contributed by atoms with E-state index < -0.39 is 0 Å². The van der Waals surface area contributed by atoms with Crippen LogP contribution in [0.5, 0.6) is 0 Å². The summed E-state index contributed by atoms with van der Waals surface area (Å²) in [5.74, 6) is 5.30. The van der Waals surface area contributed by atoms with E-state index in [2.05, 4.69) is 17.2 Å². The third-order valence-electron chi connectivity index (χ3n) is 3.96. The topological polar surface area (TPSA) is 49.4 Å². The number of hydrogen-bond acceptors (Lipinski definition) is 2. The molecule has 0 saturated carbocycles. The van der Waals surface area contributed by atoms with Crippen LogP contribution < -0.4 is 5.32 Å². The summed E-state index contributed by atoms with van der Waals surface area (Å²) in [5, 5.41) is 2.82. The minimum atomic E-state index is -0.286. The maximum absolute atomic E-state index is 12.6. The number of benzene rings is 2. The summed E-state index contributed by atoms with van der Waals surface area (Å²) >= 11 is 0. The Balaban J connectivity index is 1.86. The van der Waals surface area contributed by atoms with Crippen molar-refractivity contribution in [1.29, 1.82) is 0 Å². The Kier molecular flexibility index (Phi) is 4.93. The zero-order chi connectivity index (χ0) is 16.8. The van der Waals surface area contributed by atoms with Gasteiger partial charge in [-0.3, -0.25) is 9.59 Å². The fraction of sp³-hybridized carbons (Fsp3) is 0.200. The highest BCUT2D eigenvalue weighted by atomic mass is 16.2. The second kappa shape index (κ2) is 7.47. The average molecular weight is 318 g/mol. The molecule has 2 aromatic rings. The molecule has 1 heterocycles. The Morgan fingerprint density at radius 1 is 1.04 bits per heavy atom. The van der Waals surface area contributed by atoms with E-state index >= 15 is 0 Å².